The Morgan fingerprint density at radius 2 is 1.80 bits per heavy atom. The Hall–Kier alpha value is -3.13. The number of anilines is 1. The first-order valence-electron chi connectivity index (χ1n) is 12.1. The minimum atomic E-state index is -4.79. The van der Waals surface area contributed by atoms with Crippen molar-refractivity contribution in [2.75, 3.05) is 16.6 Å². The second kappa shape index (κ2) is 11.3. The fraction of sp³-hybridized carbons (Fsp3) is 0.259. The number of sulfonamides is 2. The van der Waals surface area contributed by atoms with E-state index in [1.807, 2.05) is 0 Å². The van der Waals surface area contributed by atoms with Crippen LogP contribution >= 0.6 is 11.6 Å². The lowest BCUT2D eigenvalue weighted by atomic mass is 10.0. The summed E-state index contributed by atoms with van der Waals surface area (Å²) in [6.45, 7) is 2.71. The Labute approximate surface area is 240 Å². The molecule has 220 valence electrons. The lowest BCUT2D eigenvalue weighted by Gasteiger charge is -2.38. The molecule has 3 aromatic rings. The zero-order chi connectivity index (χ0) is 30.3. The highest BCUT2D eigenvalue weighted by atomic mass is 35.5. The van der Waals surface area contributed by atoms with Crippen LogP contribution in [0.1, 0.15) is 30.5 Å². The fourth-order valence-electron chi connectivity index (χ4n) is 4.54. The van der Waals surface area contributed by atoms with E-state index in [4.69, 9.17) is 21.5 Å². The first-order valence-corrected chi connectivity index (χ1v) is 15.6. The molecule has 0 radical (unpaired) electrons. The van der Waals surface area contributed by atoms with Gasteiger partial charge < -0.3 is 4.74 Å². The summed E-state index contributed by atoms with van der Waals surface area (Å²) in [4.78, 5) is -0.617. The van der Waals surface area contributed by atoms with Gasteiger partial charge in [-0.25, -0.2) is 26.4 Å². The smallest absolute Gasteiger partial charge is 0.416 e. The van der Waals surface area contributed by atoms with Crippen LogP contribution in [0.5, 0.6) is 5.75 Å². The lowest BCUT2D eigenvalue weighted by Crippen LogP contribution is -2.47. The van der Waals surface area contributed by atoms with Crippen molar-refractivity contribution in [3.8, 4) is 5.75 Å². The number of nitrogens with two attached hydrogens (primary N) is 1. The van der Waals surface area contributed by atoms with Crippen LogP contribution in [-0.4, -0.2) is 35.2 Å². The van der Waals surface area contributed by atoms with Crippen molar-refractivity contribution in [3.63, 3.8) is 0 Å². The molecule has 4 rings (SSSR count). The maximum atomic E-state index is 14.5. The number of rotatable bonds is 7. The summed E-state index contributed by atoms with van der Waals surface area (Å²) in [5.74, 6) is -1.81. The second-order valence-corrected chi connectivity index (χ2v) is 13.6. The van der Waals surface area contributed by atoms with Gasteiger partial charge in [0, 0.05) is 11.5 Å². The predicted octanol–water partition coefficient (Wildman–Crippen LogP) is 5.94. The van der Waals surface area contributed by atoms with E-state index in [9.17, 15) is 34.4 Å². The Bertz CT molecular complexity index is 1710. The first-order chi connectivity index (χ1) is 19.0. The van der Waals surface area contributed by atoms with Crippen molar-refractivity contribution in [2.24, 2.45) is 11.1 Å². The zero-order valence-electron chi connectivity index (χ0n) is 21.7. The van der Waals surface area contributed by atoms with Gasteiger partial charge in [0.2, 0.25) is 10.0 Å². The third-order valence-electron chi connectivity index (χ3n) is 6.50. The summed E-state index contributed by atoms with van der Waals surface area (Å²) in [6, 6.07) is 12.0. The van der Waals surface area contributed by atoms with Crippen LogP contribution in [0, 0.1) is 11.7 Å². The van der Waals surface area contributed by atoms with Gasteiger partial charge in [0.1, 0.15) is 17.7 Å². The zero-order valence-corrected chi connectivity index (χ0v) is 24.1. The summed E-state index contributed by atoms with van der Waals surface area (Å²) in [7, 11) is -8.56. The molecule has 41 heavy (non-hydrogen) atoms. The molecule has 1 heterocycles. The number of allylic oxidation sites excluding steroid dienone is 1. The highest BCUT2D eigenvalue weighted by molar-refractivity contribution is 7.92. The summed E-state index contributed by atoms with van der Waals surface area (Å²) >= 11 is 6.17. The summed E-state index contributed by atoms with van der Waals surface area (Å²) in [5.41, 5.74) is -0.155. The summed E-state index contributed by atoms with van der Waals surface area (Å²) in [6.07, 6.45) is -4.22. The normalized spacial score (nSPS) is 17.1. The number of nitrogens with zero attached hydrogens (tertiary/aromatic N) is 1. The molecule has 0 spiro atoms. The molecule has 0 saturated carbocycles. The molecule has 0 amide bonds. The SMILES string of the molecule is C/C(=C\c1ccc2c(c1)N(S(=O)(=O)c1cccc(C(F)(F)F)c1)C[C@@H]([C@@H](C)CS(N)(=O)=O)O2)c1c(F)cccc1Cl. The fourth-order valence-corrected chi connectivity index (χ4v) is 7.32. The highest BCUT2D eigenvalue weighted by Crippen LogP contribution is 2.41. The molecule has 7 nitrogen and oxygen atoms in total. The van der Waals surface area contributed by atoms with Crippen LogP contribution in [0.2, 0.25) is 5.02 Å². The van der Waals surface area contributed by atoms with Gasteiger partial charge in [-0.05, 0) is 60.5 Å². The third-order valence-corrected chi connectivity index (χ3v) is 9.58. The highest BCUT2D eigenvalue weighted by Gasteiger charge is 2.39. The molecule has 0 unspecified atom stereocenters. The second-order valence-electron chi connectivity index (χ2n) is 9.68. The average molecular weight is 633 g/mol. The molecule has 2 N–H and O–H groups in total. The van der Waals surface area contributed by atoms with Crippen molar-refractivity contribution < 1.29 is 39.1 Å². The lowest BCUT2D eigenvalue weighted by molar-refractivity contribution is -0.137. The third kappa shape index (κ3) is 6.85. The van der Waals surface area contributed by atoms with Crippen molar-refractivity contribution in [1.82, 2.24) is 0 Å². The molecule has 1 aliphatic heterocycles. The number of fused-ring (bicyclic) bond motifs is 1. The van der Waals surface area contributed by atoms with E-state index < -0.39 is 66.8 Å². The van der Waals surface area contributed by atoms with Crippen LogP contribution < -0.4 is 14.2 Å². The van der Waals surface area contributed by atoms with E-state index in [-0.39, 0.29) is 22.0 Å². The van der Waals surface area contributed by atoms with Crippen molar-refractivity contribution in [3.05, 3.63) is 88.2 Å². The molecule has 0 aromatic heterocycles. The number of benzene rings is 3. The monoisotopic (exact) mass is 632 g/mol. The van der Waals surface area contributed by atoms with Gasteiger partial charge in [-0.1, -0.05) is 42.8 Å². The van der Waals surface area contributed by atoms with Crippen molar-refractivity contribution in [1.29, 1.82) is 0 Å². The Morgan fingerprint density at radius 1 is 1.12 bits per heavy atom. The van der Waals surface area contributed by atoms with Crippen molar-refractivity contribution in [2.45, 2.75) is 31.0 Å². The maximum absolute atomic E-state index is 14.5. The van der Waals surface area contributed by atoms with E-state index in [1.54, 1.807) is 19.1 Å². The largest absolute Gasteiger partial charge is 0.486 e. The number of ether oxygens (including phenoxy) is 1. The van der Waals surface area contributed by atoms with E-state index in [1.165, 1.54) is 37.3 Å². The molecular weight excluding hydrogens is 608 g/mol. The topological polar surface area (TPSA) is 107 Å². The molecule has 1 aliphatic rings. The molecule has 0 saturated heterocycles. The number of halogens is 5. The van der Waals surface area contributed by atoms with Gasteiger partial charge in [0.05, 0.1) is 33.5 Å². The van der Waals surface area contributed by atoms with Crippen molar-refractivity contribution >= 4 is 49.0 Å². The number of primary sulfonamides is 1. The van der Waals surface area contributed by atoms with Gasteiger partial charge in [-0.2, -0.15) is 13.2 Å². The van der Waals surface area contributed by atoms with Crippen LogP contribution in [-0.2, 0) is 26.2 Å². The maximum Gasteiger partial charge on any atom is 0.416 e. The minimum absolute atomic E-state index is 0.00245. The Kier molecular flexibility index (Phi) is 8.47. The molecule has 3 aromatic carbocycles. The van der Waals surface area contributed by atoms with Crippen LogP contribution in [0.25, 0.3) is 11.6 Å². The van der Waals surface area contributed by atoms with E-state index in [0.717, 1.165) is 22.5 Å². The van der Waals surface area contributed by atoms with Gasteiger partial charge in [-0.3, -0.25) is 4.31 Å². The van der Waals surface area contributed by atoms with E-state index in [0.29, 0.717) is 17.2 Å². The molecule has 14 heteroatoms. The Balaban J connectivity index is 1.83. The molecule has 2 atom stereocenters. The standard InChI is InChI=1S/C27H25ClF4N2O5S2/c1-16(26-21(28)7-4-8-22(26)29)11-18-9-10-24-23(12-18)34(14-25(39-24)17(2)15-40(33,35)36)41(37,38)20-6-3-5-19(13-20)27(30,31)32/h3-13,17,25H,14-15H2,1-2H3,(H2,33,35,36)/b16-11+/t17-,25-/m0/s1. The number of alkyl halides is 3. The quantitative estimate of drug-likeness (QED) is 0.256. The number of hydrogen-bond donors (Lipinski definition) is 1. The van der Waals surface area contributed by atoms with E-state index in [2.05, 4.69) is 0 Å². The van der Waals surface area contributed by atoms with Crippen LogP contribution in [0.15, 0.2) is 65.6 Å². The van der Waals surface area contributed by atoms with Gasteiger partial charge in [0.25, 0.3) is 10.0 Å². The molecule has 0 aliphatic carbocycles. The van der Waals surface area contributed by atoms with E-state index >= 15 is 0 Å². The summed E-state index contributed by atoms with van der Waals surface area (Å²) in [5, 5.41) is 5.34. The van der Waals surface area contributed by atoms with Gasteiger partial charge in [0.15, 0.2) is 0 Å². The van der Waals surface area contributed by atoms with Crippen LogP contribution in [0.3, 0.4) is 0 Å². The van der Waals surface area contributed by atoms with Crippen LogP contribution in [0.4, 0.5) is 23.2 Å². The predicted molar refractivity (Wildman–Crippen MR) is 149 cm³/mol. The average Bonchev–Trinajstić information content (AvgIpc) is 2.86. The molecule has 0 fully saturated rings. The first kappa shape index (κ1) is 30.8. The molecular formula is C27H25ClF4N2O5S2. The van der Waals surface area contributed by atoms with Gasteiger partial charge in [-0.15, -0.1) is 0 Å². The number of hydrogen-bond acceptors (Lipinski definition) is 5. The minimum Gasteiger partial charge on any atom is -0.486 e. The Morgan fingerprint density at radius 3 is 2.44 bits per heavy atom. The van der Waals surface area contributed by atoms with Gasteiger partial charge >= 0.3 is 6.18 Å². The summed E-state index contributed by atoms with van der Waals surface area (Å²) < 4.78 is 113. The molecule has 0 bridgehead atoms.